The molecule has 1 saturated carbocycles. The quantitative estimate of drug-likeness (QED) is 0.828. The molecule has 1 N–H and O–H groups in total. The highest BCUT2D eigenvalue weighted by atomic mass is 16.5. The number of hydrogen-bond donors (Lipinski definition) is 1. The van der Waals surface area contributed by atoms with Crippen molar-refractivity contribution < 1.29 is 14.2 Å². The van der Waals surface area contributed by atoms with Gasteiger partial charge in [0.25, 0.3) is 0 Å². The zero-order chi connectivity index (χ0) is 15.7. The molecule has 0 unspecified atom stereocenters. The number of hydrogen-bond acceptors (Lipinski definition) is 5. The second-order valence-corrected chi connectivity index (χ2v) is 7.89. The van der Waals surface area contributed by atoms with Crippen LogP contribution in [0.25, 0.3) is 0 Å². The number of nitrogens with zero attached hydrogens (tertiary/aromatic N) is 1. The molecule has 4 aliphatic rings. The maximum absolute atomic E-state index is 6.27. The number of piperidine rings is 2. The summed E-state index contributed by atoms with van der Waals surface area (Å²) in [6, 6.07) is 0. The molecule has 5 heteroatoms. The molecule has 0 radical (unpaired) electrons. The summed E-state index contributed by atoms with van der Waals surface area (Å²) in [4.78, 5) is 2.74. The molecule has 5 nitrogen and oxygen atoms in total. The zero-order valence-corrected chi connectivity index (χ0v) is 14.5. The predicted molar refractivity (Wildman–Crippen MR) is 88.6 cm³/mol. The Kier molecular flexibility index (Phi) is 4.93. The lowest BCUT2D eigenvalue weighted by Gasteiger charge is -2.56. The largest absolute Gasteiger partial charge is 0.381 e. The van der Waals surface area contributed by atoms with Gasteiger partial charge in [0.2, 0.25) is 0 Å². The third-order valence-corrected chi connectivity index (χ3v) is 6.64. The zero-order valence-electron chi connectivity index (χ0n) is 14.5. The molecule has 3 heterocycles. The first-order valence-electron chi connectivity index (χ1n) is 9.52. The van der Waals surface area contributed by atoms with Crippen molar-refractivity contribution >= 4 is 0 Å². The molecule has 0 bridgehead atoms. The van der Waals surface area contributed by atoms with Gasteiger partial charge >= 0.3 is 0 Å². The van der Waals surface area contributed by atoms with Gasteiger partial charge in [-0.05, 0) is 57.5 Å². The average Bonchev–Trinajstić information content (AvgIpc) is 2.52. The van der Waals surface area contributed by atoms with Gasteiger partial charge in [-0.3, -0.25) is 4.90 Å². The molecule has 0 aromatic rings. The van der Waals surface area contributed by atoms with Gasteiger partial charge in [-0.25, -0.2) is 0 Å². The summed E-state index contributed by atoms with van der Waals surface area (Å²) in [7, 11) is 1.81. The Morgan fingerprint density at radius 1 is 0.957 bits per heavy atom. The summed E-state index contributed by atoms with van der Waals surface area (Å²) in [6.45, 7) is 6.60. The van der Waals surface area contributed by atoms with Crippen LogP contribution in [0.3, 0.4) is 0 Å². The van der Waals surface area contributed by atoms with Crippen LogP contribution in [-0.2, 0) is 14.2 Å². The minimum absolute atomic E-state index is 0.338. The van der Waals surface area contributed by atoms with Crippen LogP contribution in [0.2, 0.25) is 0 Å². The molecular weight excluding hydrogens is 292 g/mol. The topological polar surface area (TPSA) is 43.0 Å². The van der Waals surface area contributed by atoms with Gasteiger partial charge in [-0.2, -0.15) is 0 Å². The third kappa shape index (κ3) is 3.19. The van der Waals surface area contributed by atoms with Crippen LogP contribution in [0.15, 0.2) is 0 Å². The summed E-state index contributed by atoms with van der Waals surface area (Å²) in [5, 5.41) is 3.50. The van der Waals surface area contributed by atoms with E-state index in [1.807, 2.05) is 0 Å². The minimum atomic E-state index is 0.338. The number of nitrogens with one attached hydrogen (secondary N) is 1. The molecule has 4 rings (SSSR count). The summed E-state index contributed by atoms with van der Waals surface area (Å²) in [5.74, 6) is 0.809. The van der Waals surface area contributed by atoms with Crippen molar-refractivity contribution in [3.8, 4) is 0 Å². The maximum atomic E-state index is 6.27. The van der Waals surface area contributed by atoms with Crippen molar-refractivity contribution in [3.05, 3.63) is 0 Å². The Morgan fingerprint density at radius 2 is 1.65 bits per heavy atom. The Bertz CT molecular complexity index is 382. The van der Waals surface area contributed by atoms with Gasteiger partial charge in [0.15, 0.2) is 0 Å². The van der Waals surface area contributed by atoms with E-state index < -0.39 is 0 Å². The molecule has 132 valence electrons. The highest BCUT2D eigenvalue weighted by Gasteiger charge is 2.50. The standard InChI is InChI=1S/C18H32N2O3/c1-21-16-10-17(11-16)23-15-4-8-20(9-5-15)18(12-22-13-18)14-2-6-19-7-3-14/h14-17,19H,2-13H2,1H3. The SMILES string of the molecule is COC1CC(OC2CCN(C3(C4CCNCC4)COC3)CC2)C1. The Labute approximate surface area is 140 Å². The van der Waals surface area contributed by atoms with E-state index in [1.165, 1.54) is 51.9 Å². The molecule has 1 aliphatic carbocycles. The molecule has 0 atom stereocenters. The van der Waals surface area contributed by atoms with Crippen molar-refractivity contribution in [2.75, 3.05) is 46.5 Å². The van der Waals surface area contributed by atoms with Gasteiger partial charge in [0.1, 0.15) is 0 Å². The van der Waals surface area contributed by atoms with Gasteiger partial charge in [0.05, 0.1) is 37.1 Å². The lowest BCUT2D eigenvalue weighted by Crippen LogP contribution is -2.69. The van der Waals surface area contributed by atoms with Crippen molar-refractivity contribution in [1.29, 1.82) is 0 Å². The lowest BCUT2D eigenvalue weighted by atomic mass is 9.74. The fourth-order valence-corrected chi connectivity index (χ4v) is 4.88. The van der Waals surface area contributed by atoms with Crippen LogP contribution in [-0.4, -0.2) is 75.3 Å². The number of rotatable bonds is 5. The highest BCUT2D eigenvalue weighted by molar-refractivity contribution is 5.04. The smallest absolute Gasteiger partial charge is 0.0708 e. The van der Waals surface area contributed by atoms with Crippen molar-refractivity contribution in [2.24, 2.45) is 5.92 Å². The van der Waals surface area contributed by atoms with E-state index in [1.54, 1.807) is 7.11 Å². The first-order chi connectivity index (χ1) is 11.3. The Hall–Kier alpha value is -0.200. The van der Waals surface area contributed by atoms with Crippen LogP contribution >= 0.6 is 0 Å². The first-order valence-corrected chi connectivity index (χ1v) is 9.52. The summed E-state index contributed by atoms with van der Waals surface area (Å²) >= 11 is 0. The highest BCUT2D eigenvalue weighted by Crippen LogP contribution is 2.40. The van der Waals surface area contributed by atoms with Crippen LogP contribution in [0.1, 0.15) is 38.5 Å². The molecule has 0 amide bonds. The van der Waals surface area contributed by atoms with Crippen molar-refractivity contribution in [1.82, 2.24) is 10.2 Å². The minimum Gasteiger partial charge on any atom is -0.381 e. The molecule has 0 spiro atoms. The van der Waals surface area contributed by atoms with Crippen LogP contribution in [0.5, 0.6) is 0 Å². The fourth-order valence-electron chi connectivity index (χ4n) is 4.88. The van der Waals surface area contributed by atoms with E-state index in [0.29, 0.717) is 23.9 Å². The van der Waals surface area contributed by atoms with E-state index in [4.69, 9.17) is 14.2 Å². The second kappa shape index (κ2) is 6.96. The van der Waals surface area contributed by atoms with E-state index in [9.17, 15) is 0 Å². The molecule has 3 aliphatic heterocycles. The van der Waals surface area contributed by atoms with Gasteiger partial charge in [-0.1, -0.05) is 0 Å². The number of likely N-dealkylation sites (tertiary alicyclic amines) is 1. The molecular formula is C18H32N2O3. The van der Waals surface area contributed by atoms with Gasteiger partial charge < -0.3 is 19.5 Å². The summed E-state index contributed by atoms with van der Waals surface area (Å²) < 4.78 is 17.3. The first kappa shape index (κ1) is 16.3. The third-order valence-electron chi connectivity index (χ3n) is 6.64. The summed E-state index contributed by atoms with van der Waals surface area (Å²) in [5.41, 5.74) is 0.338. The fraction of sp³-hybridized carbons (Fsp3) is 1.00. The van der Waals surface area contributed by atoms with E-state index in [-0.39, 0.29) is 0 Å². The number of ether oxygens (including phenoxy) is 3. The maximum Gasteiger partial charge on any atom is 0.0708 e. The van der Waals surface area contributed by atoms with Gasteiger partial charge in [-0.15, -0.1) is 0 Å². The normalized spacial score (nSPS) is 36.4. The Morgan fingerprint density at radius 3 is 2.22 bits per heavy atom. The van der Waals surface area contributed by atoms with E-state index in [0.717, 1.165) is 32.0 Å². The molecule has 0 aromatic heterocycles. The predicted octanol–water partition coefficient (Wildman–Crippen LogP) is 1.41. The lowest BCUT2D eigenvalue weighted by molar-refractivity contribution is -0.191. The Balaban J connectivity index is 1.27. The van der Waals surface area contributed by atoms with Gasteiger partial charge in [0, 0.05) is 20.2 Å². The van der Waals surface area contributed by atoms with Crippen LogP contribution < -0.4 is 5.32 Å². The molecule has 3 saturated heterocycles. The number of methoxy groups -OCH3 is 1. The summed E-state index contributed by atoms with van der Waals surface area (Å²) in [6.07, 6.45) is 8.49. The van der Waals surface area contributed by atoms with Crippen LogP contribution in [0.4, 0.5) is 0 Å². The van der Waals surface area contributed by atoms with Crippen molar-refractivity contribution in [3.63, 3.8) is 0 Å². The molecule has 0 aromatic carbocycles. The monoisotopic (exact) mass is 324 g/mol. The second-order valence-electron chi connectivity index (χ2n) is 7.89. The van der Waals surface area contributed by atoms with E-state index in [2.05, 4.69) is 10.2 Å². The van der Waals surface area contributed by atoms with Crippen molar-refractivity contribution in [2.45, 2.75) is 62.4 Å². The van der Waals surface area contributed by atoms with Crippen LogP contribution in [0, 0.1) is 5.92 Å². The molecule has 4 fully saturated rings. The molecule has 23 heavy (non-hydrogen) atoms. The van der Waals surface area contributed by atoms with E-state index >= 15 is 0 Å². The average molecular weight is 324 g/mol.